The number of aromatic nitrogens is 3. The molecule has 0 radical (unpaired) electrons. The third-order valence-electron chi connectivity index (χ3n) is 4.92. The second-order valence-corrected chi connectivity index (χ2v) is 6.90. The number of nitrogens with one attached hydrogen (secondary N) is 1. The largest absolute Gasteiger partial charge is 0.347 e. The summed E-state index contributed by atoms with van der Waals surface area (Å²) in [6.45, 7) is 4.60. The van der Waals surface area contributed by atoms with Gasteiger partial charge in [-0.05, 0) is 43.5 Å². The first kappa shape index (κ1) is 16.0. The minimum atomic E-state index is -2.47. The van der Waals surface area contributed by atoms with Gasteiger partial charge in [-0.1, -0.05) is 0 Å². The molecular formula is C19H20F2N4. The van der Waals surface area contributed by atoms with Crippen molar-refractivity contribution in [3.8, 4) is 0 Å². The van der Waals surface area contributed by atoms with E-state index in [2.05, 4.69) is 15.3 Å². The van der Waals surface area contributed by atoms with Crippen LogP contribution in [0.4, 0.5) is 20.3 Å². The Balaban J connectivity index is 1.63. The Labute approximate surface area is 144 Å². The SMILES string of the molecule is Cc1ccnc(C)c1Nc1nccc2c1ccn2CC1CC(F)(F)C1. The normalized spacial score (nSPS) is 16.8. The van der Waals surface area contributed by atoms with E-state index >= 15 is 0 Å². The predicted octanol–water partition coefficient (Wildman–Crippen LogP) is 4.84. The summed E-state index contributed by atoms with van der Waals surface area (Å²) < 4.78 is 28.2. The van der Waals surface area contributed by atoms with Gasteiger partial charge in [-0.25, -0.2) is 13.8 Å². The highest BCUT2D eigenvalue weighted by Gasteiger charge is 2.45. The van der Waals surface area contributed by atoms with E-state index in [0.717, 1.165) is 33.7 Å². The zero-order valence-corrected chi connectivity index (χ0v) is 14.3. The molecule has 0 bridgehead atoms. The maximum atomic E-state index is 13.1. The van der Waals surface area contributed by atoms with Gasteiger partial charge in [0, 0.05) is 43.4 Å². The van der Waals surface area contributed by atoms with Gasteiger partial charge in [0.2, 0.25) is 5.92 Å². The Morgan fingerprint density at radius 2 is 1.92 bits per heavy atom. The average Bonchev–Trinajstić information content (AvgIpc) is 2.93. The van der Waals surface area contributed by atoms with Crippen LogP contribution < -0.4 is 5.32 Å². The molecule has 0 atom stereocenters. The van der Waals surface area contributed by atoms with Crippen LogP contribution in [0.1, 0.15) is 24.1 Å². The number of anilines is 2. The molecule has 4 nitrogen and oxygen atoms in total. The Kier molecular flexibility index (Phi) is 3.71. The number of hydrogen-bond acceptors (Lipinski definition) is 3. The lowest BCUT2D eigenvalue weighted by atomic mass is 9.81. The molecule has 25 heavy (non-hydrogen) atoms. The zero-order chi connectivity index (χ0) is 17.6. The summed E-state index contributed by atoms with van der Waals surface area (Å²) in [5.74, 6) is -1.68. The van der Waals surface area contributed by atoms with E-state index < -0.39 is 5.92 Å². The maximum Gasteiger partial charge on any atom is 0.248 e. The Bertz CT molecular complexity index is 904. The zero-order valence-electron chi connectivity index (χ0n) is 14.3. The second-order valence-electron chi connectivity index (χ2n) is 6.90. The molecule has 6 heteroatoms. The van der Waals surface area contributed by atoms with Gasteiger partial charge in [-0.15, -0.1) is 0 Å². The molecule has 1 aliphatic carbocycles. The van der Waals surface area contributed by atoms with Crippen LogP contribution in [0.3, 0.4) is 0 Å². The van der Waals surface area contributed by atoms with Crippen molar-refractivity contribution in [2.24, 2.45) is 5.92 Å². The van der Waals surface area contributed by atoms with E-state index in [-0.39, 0.29) is 18.8 Å². The lowest BCUT2D eigenvalue weighted by Crippen LogP contribution is -2.37. The smallest absolute Gasteiger partial charge is 0.248 e. The summed E-state index contributed by atoms with van der Waals surface area (Å²) in [5, 5.41) is 4.37. The fourth-order valence-electron chi connectivity index (χ4n) is 3.58. The monoisotopic (exact) mass is 342 g/mol. The number of fused-ring (bicyclic) bond motifs is 1. The van der Waals surface area contributed by atoms with E-state index in [1.54, 1.807) is 12.4 Å². The van der Waals surface area contributed by atoms with Crippen molar-refractivity contribution in [2.45, 2.75) is 39.2 Å². The molecule has 4 rings (SSSR count). The molecular weight excluding hydrogens is 322 g/mol. The van der Waals surface area contributed by atoms with E-state index in [4.69, 9.17) is 0 Å². The van der Waals surface area contributed by atoms with Crippen LogP contribution >= 0.6 is 0 Å². The van der Waals surface area contributed by atoms with Crippen LogP contribution in [0.5, 0.6) is 0 Å². The third-order valence-corrected chi connectivity index (χ3v) is 4.92. The molecule has 3 aromatic heterocycles. The standard InChI is InChI=1S/C19H20F2N4/c1-12-3-6-22-13(2)17(12)24-18-15-5-8-25(16(15)4-7-23-18)11-14-9-19(20,21)10-14/h3-8,14H,9-11H2,1-2H3,(H,23,24). The van der Waals surface area contributed by atoms with Crippen molar-refractivity contribution in [3.05, 3.63) is 48.0 Å². The molecule has 3 heterocycles. The first-order valence-corrected chi connectivity index (χ1v) is 8.44. The molecule has 0 saturated heterocycles. The second kappa shape index (κ2) is 5.79. The highest BCUT2D eigenvalue weighted by atomic mass is 19.3. The molecule has 3 aromatic rings. The minimum Gasteiger partial charge on any atom is -0.347 e. The van der Waals surface area contributed by atoms with Gasteiger partial charge in [0.15, 0.2) is 0 Å². The van der Waals surface area contributed by atoms with Crippen molar-refractivity contribution in [3.63, 3.8) is 0 Å². The average molecular weight is 342 g/mol. The fraction of sp³-hybridized carbons (Fsp3) is 0.368. The number of nitrogens with zero attached hydrogens (tertiary/aromatic N) is 3. The van der Waals surface area contributed by atoms with Gasteiger partial charge in [0.1, 0.15) is 5.82 Å². The molecule has 1 saturated carbocycles. The fourth-order valence-corrected chi connectivity index (χ4v) is 3.58. The number of hydrogen-bond donors (Lipinski definition) is 1. The Morgan fingerprint density at radius 1 is 1.16 bits per heavy atom. The first-order chi connectivity index (χ1) is 11.9. The molecule has 1 N–H and O–H groups in total. The molecule has 1 aliphatic rings. The van der Waals surface area contributed by atoms with Crippen LogP contribution in [0, 0.1) is 19.8 Å². The number of halogens is 2. The number of alkyl halides is 2. The van der Waals surface area contributed by atoms with Gasteiger partial charge in [-0.3, -0.25) is 4.98 Å². The van der Waals surface area contributed by atoms with E-state index in [9.17, 15) is 8.78 Å². The van der Waals surface area contributed by atoms with Gasteiger partial charge in [0.05, 0.1) is 16.9 Å². The lowest BCUT2D eigenvalue weighted by Gasteiger charge is -2.35. The summed E-state index contributed by atoms with van der Waals surface area (Å²) in [7, 11) is 0. The predicted molar refractivity (Wildman–Crippen MR) is 94.4 cm³/mol. The Hall–Kier alpha value is -2.50. The quantitative estimate of drug-likeness (QED) is 0.738. The lowest BCUT2D eigenvalue weighted by molar-refractivity contribution is -0.113. The topological polar surface area (TPSA) is 42.7 Å². The van der Waals surface area contributed by atoms with E-state index in [1.807, 2.05) is 42.8 Å². The summed E-state index contributed by atoms with van der Waals surface area (Å²) in [6.07, 6.45) is 5.46. The summed E-state index contributed by atoms with van der Waals surface area (Å²) in [4.78, 5) is 8.79. The van der Waals surface area contributed by atoms with Crippen molar-refractivity contribution >= 4 is 22.4 Å². The van der Waals surface area contributed by atoms with Crippen LogP contribution in [0.15, 0.2) is 36.8 Å². The van der Waals surface area contributed by atoms with Gasteiger partial charge in [0.25, 0.3) is 0 Å². The molecule has 0 aliphatic heterocycles. The first-order valence-electron chi connectivity index (χ1n) is 8.44. The molecule has 0 aromatic carbocycles. The van der Waals surface area contributed by atoms with E-state index in [1.165, 1.54) is 0 Å². The van der Waals surface area contributed by atoms with Gasteiger partial charge >= 0.3 is 0 Å². The maximum absolute atomic E-state index is 13.1. The highest BCUT2D eigenvalue weighted by molar-refractivity contribution is 5.92. The van der Waals surface area contributed by atoms with Crippen molar-refractivity contribution in [1.82, 2.24) is 14.5 Å². The minimum absolute atomic E-state index is 0.0169. The summed E-state index contributed by atoms with van der Waals surface area (Å²) in [6, 6.07) is 5.88. The Morgan fingerprint density at radius 3 is 2.64 bits per heavy atom. The van der Waals surface area contributed by atoms with Crippen molar-refractivity contribution < 1.29 is 8.78 Å². The van der Waals surface area contributed by atoms with Crippen LogP contribution in [0.2, 0.25) is 0 Å². The van der Waals surface area contributed by atoms with Crippen LogP contribution in [-0.2, 0) is 6.54 Å². The highest BCUT2D eigenvalue weighted by Crippen LogP contribution is 2.43. The third kappa shape index (κ3) is 2.97. The van der Waals surface area contributed by atoms with Crippen LogP contribution in [0.25, 0.3) is 10.9 Å². The van der Waals surface area contributed by atoms with Gasteiger partial charge < -0.3 is 9.88 Å². The van der Waals surface area contributed by atoms with Crippen molar-refractivity contribution in [2.75, 3.05) is 5.32 Å². The summed E-state index contributed by atoms with van der Waals surface area (Å²) >= 11 is 0. The van der Waals surface area contributed by atoms with Crippen LogP contribution in [-0.4, -0.2) is 20.5 Å². The number of rotatable bonds is 4. The number of aryl methyl sites for hydroxylation is 2. The van der Waals surface area contributed by atoms with Crippen molar-refractivity contribution in [1.29, 1.82) is 0 Å². The molecule has 0 amide bonds. The molecule has 0 unspecified atom stereocenters. The summed E-state index contributed by atoms with van der Waals surface area (Å²) in [5.41, 5.74) is 3.97. The molecule has 130 valence electrons. The van der Waals surface area contributed by atoms with Gasteiger partial charge in [-0.2, -0.15) is 0 Å². The molecule has 0 spiro atoms. The number of pyridine rings is 2. The molecule has 1 fully saturated rings. The van der Waals surface area contributed by atoms with E-state index in [0.29, 0.717) is 6.54 Å².